The number of aliphatic carboxylic acids is 1. The van der Waals surface area contributed by atoms with E-state index in [-0.39, 0.29) is 18.1 Å². The molecule has 2 heterocycles. The van der Waals surface area contributed by atoms with Crippen molar-refractivity contribution in [1.82, 2.24) is 9.80 Å². The molecule has 1 spiro atoms. The van der Waals surface area contributed by atoms with Crippen LogP contribution in [-0.2, 0) is 16.1 Å². The van der Waals surface area contributed by atoms with Crippen molar-refractivity contribution < 1.29 is 19.1 Å². The topological polar surface area (TPSA) is 60.9 Å². The summed E-state index contributed by atoms with van der Waals surface area (Å²) in [5, 5.41) is 9.88. The van der Waals surface area contributed by atoms with Gasteiger partial charge in [0.1, 0.15) is 5.82 Å². The number of piperidine rings is 1. The van der Waals surface area contributed by atoms with Crippen molar-refractivity contribution in [3.63, 3.8) is 0 Å². The van der Waals surface area contributed by atoms with Crippen molar-refractivity contribution in [3.8, 4) is 0 Å². The molecule has 2 aliphatic rings. The first-order chi connectivity index (χ1) is 11.3. The van der Waals surface area contributed by atoms with Gasteiger partial charge in [0.25, 0.3) is 0 Å². The lowest BCUT2D eigenvalue weighted by Crippen LogP contribution is -2.55. The van der Waals surface area contributed by atoms with Gasteiger partial charge in [-0.25, -0.2) is 4.39 Å². The zero-order valence-corrected chi connectivity index (χ0v) is 14.2. The molecular weight excluding hydrogens is 335 g/mol. The summed E-state index contributed by atoms with van der Waals surface area (Å²) >= 11 is 6.08. The molecule has 1 N–H and O–H groups in total. The van der Waals surface area contributed by atoms with Crippen LogP contribution in [0.25, 0.3) is 0 Å². The molecule has 2 saturated heterocycles. The molecule has 0 bridgehead atoms. The third kappa shape index (κ3) is 2.89. The fourth-order valence-electron chi connectivity index (χ4n) is 3.97. The van der Waals surface area contributed by atoms with Crippen LogP contribution in [0.4, 0.5) is 4.39 Å². The summed E-state index contributed by atoms with van der Waals surface area (Å²) < 4.78 is 13.1. The van der Waals surface area contributed by atoms with Crippen molar-refractivity contribution in [2.45, 2.75) is 31.3 Å². The van der Waals surface area contributed by atoms with Gasteiger partial charge in [-0.15, -0.1) is 0 Å². The summed E-state index contributed by atoms with van der Waals surface area (Å²) in [6, 6.07) is 4.36. The highest BCUT2D eigenvalue weighted by atomic mass is 35.5. The monoisotopic (exact) mass is 354 g/mol. The number of carboxylic acid groups (broad SMARTS) is 1. The van der Waals surface area contributed by atoms with Crippen LogP contribution in [0.15, 0.2) is 18.2 Å². The highest BCUT2D eigenvalue weighted by molar-refractivity contribution is 6.31. The highest BCUT2D eigenvalue weighted by Crippen LogP contribution is 2.43. The minimum Gasteiger partial charge on any atom is -0.481 e. The van der Waals surface area contributed by atoms with Gasteiger partial charge in [-0.05, 0) is 30.5 Å². The first-order valence-corrected chi connectivity index (χ1v) is 8.37. The normalized spacial score (nSPS) is 23.9. The summed E-state index contributed by atoms with van der Waals surface area (Å²) in [6.07, 6.45) is 1.31. The van der Waals surface area contributed by atoms with Gasteiger partial charge in [0.2, 0.25) is 5.91 Å². The van der Waals surface area contributed by atoms with Crippen molar-refractivity contribution in [2.24, 2.45) is 5.92 Å². The second-order valence-electron chi connectivity index (χ2n) is 6.66. The molecule has 130 valence electrons. The van der Waals surface area contributed by atoms with Crippen molar-refractivity contribution in [2.75, 3.05) is 20.1 Å². The molecule has 7 heteroatoms. The van der Waals surface area contributed by atoms with E-state index >= 15 is 0 Å². The largest absolute Gasteiger partial charge is 0.481 e. The molecule has 1 aromatic rings. The number of likely N-dealkylation sites (tertiary alicyclic amines) is 2. The number of nitrogens with zero attached hydrogens (tertiary/aromatic N) is 2. The predicted molar refractivity (Wildman–Crippen MR) is 87.2 cm³/mol. The molecule has 0 aromatic heterocycles. The Labute approximate surface area is 145 Å². The molecule has 0 radical (unpaired) electrons. The Hall–Kier alpha value is -1.66. The Balaban J connectivity index is 1.71. The number of rotatable bonds is 3. The number of benzene rings is 1. The number of amides is 1. The maximum Gasteiger partial charge on any atom is 0.309 e. The Bertz CT molecular complexity index is 674. The van der Waals surface area contributed by atoms with Crippen LogP contribution in [0.5, 0.6) is 0 Å². The lowest BCUT2D eigenvalue weighted by atomic mass is 9.77. The smallest absolute Gasteiger partial charge is 0.309 e. The number of hydrogen-bond acceptors (Lipinski definition) is 3. The molecule has 5 nitrogen and oxygen atoms in total. The zero-order chi connectivity index (χ0) is 17.5. The van der Waals surface area contributed by atoms with Crippen LogP contribution in [0.1, 0.15) is 24.8 Å². The van der Waals surface area contributed by atoms with Gasteiger partial charge in [0.15, 0.2) is 0 Å². The third-order valence-corrected chi connectivity index (χ3v) is 5.85. The summed E-state index contributed by atoms with van der Waals surface area (Å²) in [7, 11) is 1.71. The first kappa shape index (κ1) is 17.2. The van der Waals surface area contributed by atoms with Crippen LogP contribution in [-0.4, -0.2) is 52.5 Å². The number of carboxylic acids is 1. The van der Waals surface area contributed by atoms with Gasteiger partial charge in [-0.1, -0.05) is 17.7 Å². The standard InChI is InChI=1S/C17H20ClFN2O3/c1-20-15(22)9-13(16(23)24)17(20)4-6-21(7-5-17)10-11-2-3-12(19)8-14(11)18/h2-3,8,13H,4-7,9-10H2,1H3,(H,23,24)/t13-/m1/s1. The Morgan fingerprint density at radius 1 is 1.42 bits per heavy atom. The van der Waals surface area contributed by atoms with E-state index in [0.29, 0.717) is 37.5 Å². The van der Waals surface area contributed by atoms with Crippen molar-refractivity contribution >= 4 is 23.5 Å². The van der Waals surface area contributed by atoms with Gasteiger partial charge in [0, 0.05) is 38.1 Å². The lowest BCUT2D eigenvalue weighted by molar-refractivity contribution is -0.146. The average molecular weight is 355 g/mol. The van der Waals surface area contributed by atoms with E-state index in [9.17, 15) is 19.1 Å². The molecule has 1 aromatic carbocycles. The van der Waals surface area contributed by atoms with Gasteiger partial charge < -0.3 is 10.0 Å². The molecule has 2 aliphatic heterocycles. The van der Waals surface area contributed by atoms with Crippen molar-refractivity contribution in [1.29, 1.82) is 0 Å². The average Bonchev–Trinajstić information content (AvgIpc) is 2.78. The minimum atomic E-state index is -0.900. The van der Waals surface area contributed by atoms with Gasteiger partial charge in [-0.3, -0.25) is 14.5 Å². The van der Waals surface area contributed by atoms with E-state index in [4.69, 9.17) is 11.6 Å². The van der Waals surface area contributed by atoms with Crippen molar-refractivity contribution in [3.05, 3.63) is 34.6 Å². The zero-order valence-electron chi connectivity index (χ0n) is 13.5. The Morgan fingerprint density at radius 3 is 2.67 bits per heavy atom. The summed E-state index contributed by atoms with van der Waals surface area (Å²) in [4.78, 5) is 27.4. The fraction of sp³-hybridized carbons (Fsp3) is 0.529. The van der Waals surface area contributed by atoms with E-state index in [1.165, 1.54) is 12.1 Å². The maximum absolute atomic E-state index is 13.1. The van der Waals surface area contributed by atoms with Crippen LogP contribution in [0, 0.1) is 11.7 Å². The van der Waals surface area contributed by atoms with Crippen LogP contribution < -0.4 is 0 Å². The molecule has 1 atom stereocenters. The van der Waals surface area contributed by atoms with E-state index in [2.05, 4.69) is 4.90 Å². The van der Waals surface area contributed by atoms with E-state index in [1.54, 1.807) is 18.0 Å². The van der Waals surface area contributed by atoms with E-state index < -0.39 is 17.4 Å². The highest BCUT2D eigenvalue weighted by Gasteiger charge is 2.55. The number of halogens is 2. The first-order valence-electron chi connectivity index (χ1n) is 7.99. The van der Waals surface area contributed by atoms with E-state index in [1.807, 2.05) is 0 Å². The quantitative estimate of drug-likeness (QED) is 0.905. The maximum atomic E-state index is 13.1. The van der Waals surface area contributed by atoms with Crippen LogP contribution in [0.3, 0.4) is 0 Å². The summed E-state index contributed by atoms with van der Waals surface area (Å²) in [6.45, 7) is 1.94. The second-order valence-corrected chi connectivity index (χ2v) is 7.07. The summed E-state index contributed by atoms with van der Waals surface area (Å²) in [5.41, 5.74) is 0.256. The van der Waals surface area contributed by atoms with Gasteiger partial charge in [-0.2, -0.15) is 0 Å². The van der Waals surface area contributed by atoms with Gasteiger partial charge in [0.05, 0.1) is 11.5 Å². The molecule has 0 aliphatic carbocycles. The Kier molecular flexibility index (Phi) is 4.53. The minimum absolute atomic E-state index is 0.0790. The molecule has 0 saturated carbocycles. The molecule has 24 heavy (non-hydrogen) atoms. The molecule has 0 unspecified atom stereocenters. The fourth-order valence-corrected chi connectivity index (χ4v) is 4.20. The Morgan fingerprint density at radius 2 is 2.08 bits per heavy atom. The SMILES string of the molecule is CN1C(=O)C[C@H](C(=O)O)C12CCN(Cc1ccc(F)cc1Cl)CC2. The van der Waals surface area contributed by atoms with Crippen LogP contribution in [0.2, 0.25) is 5.02 Å². The summed E-state index contributed by atoms with van der Waals surface area (Å²) in [5.74, 6) is -2.01. The van der Waals surface area contributed by atoms with E-state index in [0.717, 1.165) is 5.56 Å². The number of carbonyl (C=O) groups is 2. The number of hydrogen-bond donors (Lipinski definition) is 1. The van der Waals surface area contributed by atoms with Crippen LogP contribution >= 0.6 is 11.6 Å². The molecule has 3 rings (SSSR count). The molecule has 1 amide bonds. The lowest BCUT2D eigenvalue weighted by Gasteiger charge is -2.45. The third-order valence-electron chi connectivity index (χ3n) is 5.50. The second kappa shape index (κ2) is 6.33. The predicted octanol–water partition coefficient (Wildman–Crippen LogP) is 2.38. The molecule has 2 fully saturated rings. The molecular formula is C17H20ClFN2O3. The van der Waals surface area contributed by atoms with Gasteiger partial charge >= 0.3 is 5.97 Å². The number of carbonyl (C=O) groups excluding carboxylic acids is 1.